The maximum Gasteiger partial charge on any atom is 0.427 e. The number of ether oxygens (including phenoxy) is 2. The van der Waals surface area contributed by atoms with E-state index < -0.39 is 36.4 Å². The van der Waals surface area contributed by atoms with E-state index in [1.54, 1.807) is 0 Å². The van der Waals surface area contributed by atoms with E-state index in [4.69, 9.17) is 9.84 Å². The number of amides is 1. The van der Waals surface area contributed by atoms with Gasteiger partial charge in [-0.15, -0.1) is 0 Å². The molecule has 1 amide bonds. The lowest BCUT2D eigenvalue weighted by atomic mass is 9.87. The number of carbonyl (C=O) groups excluding carboxylic acids is 1. The number of aliphatic hydroxyl groups excluding tert-OH is 1. The average Bonchev–Trinajstić information content (AvgIpc) is 3.19. The van der Waals surface area contributed by atoms with Crippen LogP contribution < -0.4 is 0 Å². The van der Waals surface area contributed by atoms with Crippen molar-refractivity contribution in [3.8, 4) is 0 Å². The molecule has 1 N–H and O–H groups in total. The molecule has 11 heteroatoms. The van der Waals surface area contributed by atoms with Crippen molar-refractivity contribution in [1.29, 1.82) is 0 Å². The zero-order valence-electron chi connectivity index (χ0n) is 13.8. The Morgan fingerprint density at radius 1 is 1.46 bits per heavy atom. The Morgan fingerprint density at radius 2 is 2.15 bits per heavy atom. The van der Waals surface area contributed by atoms with Crippen LogP contribution in [-0.2, 0) is 9.47 Å². The first-order valence-corrected chi connectivity index (χ1v) is 8.19. The molecule has 146 valence electrons. The molecule has 0 aliphatic carbocycles. The van der Waals surface area contributed by atoms with Crippen molar-refractivity contribution < 1.29 is 36.9 Å². The highest BCUT2D eigenvalue weighted by molar-refractivity contribution is 5.68. The molecule has 1 unspecified atom stereocenters. The van der Waals surface area contributed by atoms with E-state index >= 15 is 0 Å². The summed E-state index contributed by atoms with van der Waals surface area (Å²) in [6.07, 6.45) is -4.63. The Bertz CT molecular complexity index is 643. The molecule has 1 aromatic rings. The van der Waals surface area contributed by atoms with Crippen molar-refractivity contribution >= 4 is 6.09 Å². The molecule has 1 spiro atoms. The van der Waals surface area contributed by atoms with Crippen LogP contribution in [0.2, 0.25) is 0 Å². The standard InChI is InChI=1S/C15H19F4N3O4/c16-10-6-20-22(7-10)11-5-14(25-9-11)1-3-21(4-2-14)13(24)26-12(8-23)15(17,18)19/h6-7,11-12,23H,1-5,8-9H2/t11?,12-/m1/s1. The molecule has 0 radical (unpaired) electrons. The molecule has 2 aliphatic heterocycles. The second-order valence-corrected chi connectivity index (χ2v) is 6.57. The lowest BCUT2D eigenvalue weighted by molar-refractivity contribution is -0.215. The quantitative estimate of drug-likeness (QED) is 0.809. The van der Waals surface area contributed by atoms with Crippen LogP contribution >= 0.6 is 0 Å². The van der Waals surface area contributed by atoms with Crippen LogP contribution in [0, 0.1) is 5.82 Å². The lowest BCUT2D eigenvalue weighted by Crippen LogP contribution is -2.49. The molecule has 2 aliphatic rings. The number of carbonyl (C=O) groups is 1. The van der Waals surface area contributed by atoms with Gasteiger partial charge in [0.15, 0.2) is 5.82 Å². The normalized spacial score (nSPS) is 24.0. The Balaban J connectivity index is 1.53. The van der Waals surface area contributed by atoms with Gasteiger partial charge >= 0.3 is 12.3 Å². The third-order valence-corrected chi connectivity index (χ3v) is 4.84. The van der Waals surface area contributed by atoms with E-state index in [-0.39, 0.29) is 19.1 Å². The second-order valence-electron chi connectivity index (χ2n) is 6.57. The molecule has 0 saturated carbocycles. The van der Waals surface area contributed by atoms with Gasteiger partial charge in [0.2, 0.25) is 6.10 Å². The Labute approximate surface area is 146 Å². The summed E-state index contributed by atoms with van der Waals surface area (Å²) >= 11 is 0. The number of likely N-dealkylation sites (tertiary alicyclic amines) is 1. The van der Waals surface area contributed by atoms with Crippen molar-refractivity contribution in [2.24, 2.45) is 0 Å². The minimum absolute atomic E-state index is 0.123. The van der Waals surface area contributed by atoms with E-state index in [2.05, 4.69) is 9.84 Å². The fourth-order valence-corrected chi connectivity index (χ4v) is 3.35. The monoisotopic (exact) mass is 381 g/mol. The van der Waals surface area contributed by atoms with Gasteiger partial charge in [-0.2, -0.15) is 18.3 Å². The van der Waals surface area contributed by atoms with Gasteiger partial charge in [0.25, 0.3) is 0 Å². The van der Waals surface area contributed by atoms with Gasteiger partial charge in [0.05, 0.1) is 37.3 Å². The van der Waals surface area contributed by atoms with Gasteiger partial charge in [-0.1, -0.05) is 0 Å². The summed E-state index contributed by atoms with van der Waals surface area (Å²) in [5.74, 6) is -0.438. The number of alkyl halides is 3. The van der Waals surface area contributed by atoms with Crippen molar-refractivity contribution in [3.63, 3.8) is 0 Å². The SMILES string of the molecule is O=C(O[C@H](CO)C(F)(F)F)N1CCC2(CC1)CC(n1cc(F)cn1)CO2. The summed E-state index contributed by atoms with van der Waals surface area (Å²) in [6.45, 7) is -0.617. The van der Waals surface area contributed by atoms with Crippen molar-refractivity contribution in [1.82, 2.24) is 14.7 Å². The number of rotatable bonds is 3. The maximum atomic E-state index is 13.1. The summed E-state index contributed by atoms with van der Waals surface area (Å²) in [5.41, 5.74) is -0.510. The summed E-state index contributed by atoms with van der Waals surface area (Å²) in [6, 6.07) is -0.123. The molecule has 2 saturated heterocycles. The number of nitrogens with zero attached hydrogens (tertiary/aromatic N) is 3. The maximum absolute atomic E-state index is 13.1. The number of aromatic nitrogens is 2. The minimum Gasteiger partial charge on any atom is -0.434 e. The molecule has 1 aromatic heterocycles. The van der Waals surface area contributed by atoms with Crippen LogP contribution in [0.25, 0.3) is 0 Å². The fourth-order valence-electron chi connectivity index (χ4n) is 3.35. The van der Waals surface area contributed by atoms with Crippen molar-refractivity contribution in [3.05, 3.63) is 18.2 Å². The van der Waals surface area contributed by atoms with E-state index in [1.165, 1.54) is 15.8 Å². The molecule has 26 heavy (non-hydrogen) atoms. The van der Waals surface area contributed by atoms with Crippen molar-refractivity contribution in [2.75, 3.05) is 26.3 Å². The number of piperidine rings is 1. The smallest absolute Gasteiger partial charge is 0.427 e. The van der Waals surface area contributed by atoms with Gasteiger partial charge in [0.1, 0.15) is 0 Å². The molecule has 3 rings (SSSR count). The van der Waals surface area contributed by atoms with Crippen LogP contribution in [0.5, 0.6) is 0 Å². The summed E-state index contributed by atoms with van der Waals surface area (Å²) in [5, 5.41) is 12.7. The number of hydrogen-bond donors (Lipinski definition) is 1. The molecular formula is C15H19F4N3O4. The zero-order chi connectivity index (χ0) is 18.9. The topological polar surface area (TPSA) is 76.8 Å². The van der Waals surface area contributed by atoms with Gasteiger partial charge in [-0.3, -0.25) is 4.68 Å². The first-order valence-electron chi connectivity index (χ1n) is 8.19. The fraction of sp³-hybridized carbons (Fsp3) is 0.733. The Hall–Kier alpha value is -1.88. The first-order chi connectivity index (χ1) is 12.2. The van der Waals surface area contributed by atoms with E-state index in [1.807, 2.05) is 0 Å². The largest absolute Gasteiger partial charge is 0.434 e. The molecule has 7 nitrogen and oxygen atoms in total. The average molecular weight is 381 g/mol. The third-order valence-electron chi connectivity index (χ3n) is 4.84. The van der Waals surface area contributed by atoms with E-state index in [9.17, 15) is 22.4 Å². The van der Waals surface area contributed by atoms with Gasteiger partial charge in [-0.05, 0) is 12.8 Å². The highest BCUT2D eigenvalue weighted by atomic mass is 19.4. The summed E-state index contributed by atoms with van der Waals surface area (Å²) < 4.78 is 62.6. The molecule has 0 bridgehead atoms. The molecule has 2 fully saturated rings. The summed E-state index contributed by atoms with van der Waals surface area (Å²) in [7, 11) is 0. The van der Waals surface area contributed by atoms with Crippen molar-refractivity contribution in [2.45, 2.75) is 43.2 Å². The number of hydrogen-bond acceptors (Lipinski definition) is 5. The zero-order valence-corrected chi connectivity index (χ0v) is 13.8. The van der Waals surface area contributed by atoms with Crippen LogP contribution in [0.1, 0.15) is 25.3 Å². The molecule has 0 aromatic carbocycles. The predicted octanol–water partition coefficient (Wildman–Crippen LogP) is 1.88. The van der Waals surface area contributed by atoms with E-state index in [0.29, 0.717) is 25.9 Å². The van der Waals surface area contributed by atoms with Crippen LogP contribution in [0.3, 0.4) is 0 Å². The number of halogens is 4. The Morgan fingerprint density at radius 3 is 2.69 bits per heavy atom. The van der Waals surface area contributed by atoms with Gasteiger partial charge in [-0.25, -0.2) is 9.18 Å². The predicted molar refractivity (Wildman–Crippen MR) is 78.7 cm³/mol. The molecular weight excluding hydrogens is 362 g/mol. The number of aliphatic hydroxyl groups is 1. The molecule has 3 heterocycles. The first kappa shape index (κ1) is 18.9. The van der Waals surface area contributed by atoms with Gasteiger partial charge < -0.3 is 19.5 Å². The lowest BCUT2D eigenvalue weighted by Gasteiger charge is -2.38. The summed E-state index contributed by atoms with van der Waals surface area (Å²) in [4.78, 5) is 13.1. The highest BCUT2D eigenvalue weighted by Crippen LogP contribution is 2.40. The van der Waals surface area contributed by atoms with E-state index in [0.717, 1.165) is 6.20 Å². The van der Waals surface area contributed by atoms with Crippen LogP contribution in [0.15, 0.2) is 12.4 Å². The Kier molecular flexibility index (Phi) is 5.11. The van der Waals surface area contributed by atoms with Gasteiger partial charge in [0, 0.05) is 19.5 Å². The minimum atomic E-state index is -4.82. The molecule has 2 atom stereocenters. The third kappa shape index (κ3) is 3.93. The van der Waals surface area contributed by atoms with Crippen LogP contribution in [-0.4, -0.2) is 70.1 Å². The second kappa shape index (κ2) is 7.03. The van der Waals surface area contributed by atoms with Crippen LogP contribution in [0.4, 0.5) is 22.4 Å². The highest BCUT2D eigenvalue weighted by Gasteiger charge is 2.46.